The summed E-state index contributed by atoms with van der Waals surface area (Å²) in [7, 11) is 0. The number of nitrogens with zero attached hydrogens (tertiary/aromatic N) is 10. The third kappa shape index (κ3) is 7.04. The fraction of sp³-hybridized carbons (Fsp3) is 0. The molecule has 0 amide bonds. The van der Waals surface area contributed by atoms with Gasteiger partial charge in [0, 0.05) is 38.4 Å². The van der Waals surface area contributed by atoms with Gasteiger partial charge in [0.05, 0.1) is 81.5 Å². The highest BCUT2D eigenvalue weighted by Crippen LogP contribution is 2.45. The zero-order chi connectivity index (χ0) is 48.9. The molecule has 0 bridgehead atoms. The number of benzene rings is 9. The Balaban J connectivity index is 1.18. The van der Waals surface area contributed by atoms with Gasteiger partial charge in [0.2, 0.25) is 0 Å². The molecule has 0 aliphatic heterocycles. The van der Waals surface area contributed by atoms with E-state index in [9.17, 15) is 15.8 Å². The van der Waals surface area contributed by atoms with Crippen LogP contribution in [0.4, 0.5) is 11.4 Å². The Morgan fingerprint density at radius 3 is 1.29 bits per heavy atom. The second-order valence-corrected chi connectivity index (χ2v) is 17.1. The highest BCUT2D eigenvalue weighted by molar-refractivity contribution is 6.12. The lowest BCUT2D eigenvalue weighted by Crippen LogP contribution is -2.02. The molecule has 0 saturated carbocycles. The van der Waals surface area contributed by atoms with E-state index < -0.39 is 0 Å². The Morgan fingerprint density at radius 2 is 0.792 bits per heavy atom. The van der Waals surface area contributed by atoms with Crippen LogP contribution >= 0.6 is 0 Å². The maximum Gasteiger partial charge on any atom is 0.194 e. The van der Waals surface area contributed by atoms with Crippen molar-refractivity contribution in [2.24, 2.45) is 0 Å². The van der Waals surface area contributed by atoms with E-state index in [0.717, 1.165) is 88.4 Å². The summed E-state index contributed by atoms with van der Waals surface area (Å²) in [5.74, 6) is 1.51. The van der Waals surface area contributed by atoms with Gasteiger partial charge in [-0.3, -0.25) is 0 Å². The molecule has 9 aromatic carbocycles. The third-order valence-electron chi connectivity index (χ3n) is 13.1. The molecular formula is C62H32N10. The number of fused-ring (bicyclic) bond motifs is 6. The lowest BCUT2D eigenvalue weighted by Gasteiger charge is -2.20. The first-order valence-corrected chi connectivity index (χ1v) is 22.8. The lowest BCUT2D eigenvalue weighted by atomic mass is 9.94. The Kier molecular flexibility index (Phi) is 10.2. The molecule has 3 heterocycles. The first-order valence-electron chi connectivity index (χ1n) is 22.8. The first-order chi connectivity index (χ1) is 35.4. The number of rotatable bonds is 7. The van der Waals surface area contributed by atoms with E-state index in [0.29, 0.717) is 51.1 Å². The number of nitriles is 3. The average molecular weight is 917 g/mol. The normalized spacial score (nSPS) is 11.0. The highest BCUT2D eigenvalue weighted by Gasteiger charge is 2.23. The summed E-state index contributed by atoms with van der Waals surface area (Å²) in [5.41, 5.74) is 12.9. The van der Waals surface area contributed by atoms with Crippen molar-refractivity contribution in [3.63, 3.8) is 0 Å². The van der Waals surface area contributed by atoms with E-state index in [4.69, 9.17) is 28.1 Å². The van der Waals surface area contributed by atoms with E-state index in [2.05, 4.69) is 67.4 Å². The number of hydrogen-bond acceptors (Lipinski definition) is 6. The van der Waals surface area contributed by atoms with E-state index in [1.807, 2.05) is 152 Å². The van der Waals surface area contributed by atoms with Crippen LogP contribution in [0, 0.1) is 47.1 Å². The van der Waals surface area contributed by atoms with Crippen molar-refractivity contribution in [2.45, 2.75) is 0 Å². The first kappa shape index (κ1) is 42.4. The molecule has 10 nitrogen and oxygen atoms in total. The maximum absolute atomic E-state index is 10.1. The number of hydrogen-bond donors (Lipinski definition) is 0. The Bertz CT molecular complexity index is 4250. The van der Waals surface area contributed by atoms with Crippen molar-refractivity contribution in [3.05, 3.63) is 234 Å². The molecule has 0 spiro atoms. The van der Waals surface area contributed by atoms with Crippen molar-refractivity contribution in [3.8, 4) is 86.0 Å². The van der Waals surface area contributed by atoms with Gasteiger partial charge < -0.3 is 9.13 Å². The fourth-order valence-corrected chi connectivity index (χ4v) is 9.78. The standard InChI is InChI=1S/C62H32N10/c1-66-45-22-28-59-52(34-45)50-31-40(37-65)19-25-57(50)71(59)54-27-21-44(62-69-60(41-11-5-3-6-12-41)68-61(70-62)42-13-7-4-8-14-42)33-47(54)43-20-26-58(51(32-43)46-15-9-10-16-53(46)67-2)72-55-23-17-38(35-63)29-48(55)49-30-39(36-64)18-24-56(49)72/h3-34H. The van der Waals surface area contributed by atoms with E-state index in [1.54, 1.807) is 12.1 Å². The summed E-state index contributed by atoms with van der Waals surface area (Å²) in [5, 5.41) is 33.3. The lowest BCUT2D eigenvalue weighted by molar-refractivity contribution is 1.07. The minimum absolute atomic E-state index is 0.461. The zero-order valence-corrected chi connectivity index (χ0v) is 37.9. The highest BCUT2D eigenvalue weighted by atomic mass is 15.0. The van der Waals surface area contributed by atoms with E-state index in [1.165, 1.54) is 0 Å². The second kappa shape index (κ2) is 17.3. The molecule has 0 N–H and O–H groups in total. The molecule has 330 valence electrons. The average Bonchev–Trinajstić information content (AvgIpc) is 3.96. The number of aromatic nitrogens is 5. The molecule has 0 radical (unpaired) electrons. The van der Waals surface area contributed by atoms with Crippen LogP contribution in [0.5, 0.6) is 0 Å². The van der Waals surface area contributed by atoms with Crippen molar-refractivity contribution < 1.29 is 0 Å². The molecule has 0 unspecified atom stereocenters. The minimum Gasteiger partial charge on any atom is -0.309 e. The quantitative estimate of drug-likeness (QED) is 0.146. The van der Waals surface area contributed by atoms with Gasteiger partial charge in [-0.05, 0) is 119 Å². The van der Waals surface area contributed by atoms with Gasteiger partial charge in [-0.1, -0.05) is 97.1 Å². The Labute approximate surface area is 412 Å². The van der Waals surface area contributed by atoms with Gasteiger partial charge in [-0.15, -0.1) is 0 Å². The monoisotopic (exact) mass is 916 g/mol. The zero-order valence-electron chi connectivity index (χ0n) is 37.9. The predicted molar refractivity (Wildman–Crippen MR) is 282 cm³/mol. The van der Waals surface area contributed by atoms with Crippen LogP contribution in [0.3, 0.4) is 0 Å². The van der Waals surface area contributed by atoms with Crippen molar-refractivity contribution in [1.29, 1.82) is 15.8 Å². The van der Waals surface area contributed by atoms with E-state index >= 15 is 0 Å². The summed E-state index contributed by atoms with van der Waals surface area (Å²) in [4.78, 5) is 23.0. The van der Waals surface area contributed by atoms with Gasteiger partial charge in [-0.25, -0.2) is 24.6 Å². The van der Waals surface area contributed by atoms with Crippen LogP contribution in [-0.4, -0.2) is 24.1 Å². The molecule has 0 aliphatic carbocycles. The number of para-hydroxylation sites is 1. The fourth-order valence-electron chi connectivity index (χ4n) is 9.78. The Hall–Kier alpha value is -11.0. The molecule has 0 aliphatic rings. The van der Waals surface area contributed by atoms with Gasteiger partial charge >= 0.3 is 0 Å². The van der Waals surface area contributed by atoms with Gasteiger partial charge in [0.1, 0.15) is 0 Å². The minimum atomic E-state index is 0.461. The summed E-state index contributed by atoms with van der Waals surface area (Å²) in [6.45, 7) is 16.3. The van der Waals surface area contributed by atoms with Crippen LogP contribution < -0.4 is 0 Å². The summed E-state index contributed by atoms with van der Waals surface area (Å²) in [6, 6.07) is 68.9. The molecule has 0 atom stereocenters. The van der Waals surface area contributed by atoms with Crippen molar-refractivity contribution in [2.75, 3.05) is 0 Å². The van der Waals surface area contributed by atoms with Crippen LogP contribution in [0.15, 0.2) is 194 Å². The van der Waals surface area contributed by atoms with Crippen LogP contribution in [0.1, 0.15) is 16.7 Å². The smallest absolute Gasteiger partial charge is 0.194 e. The summed E-state index contributed by atoms with van der Waals surface area (Å²) in [6.07, 6.45) is 0. The summed E-state index contributed by atoms with van der Waals surface area (Å²) >= 11 is 0. The largest absolute Gasteiger partial charge is 0.309 e. The van der Waals surface area contributed by atoms with Crippen molar-refractivity contribution in [1.82, 2.24) is 24.1 Å². The molecule has 3 aromatic heterocycles. The van der Waals surface area contributed by atoms with Gasteiger partial charge in [0.15, 0.2) is 28.8 Å². The maximum atomic E-state index is 10.1. The molecule has 10 heteroatoms. The molecule has 0 saturated heterocycles. The molecule has 0 fully saturated rings. The van der Waals surface area contributed by atoms with Gasteiger partial charge in [-0.2, -0.15) is 15.8 Å². The second-order valence-electron chi connectivity index (χ2n) is 17.1. The van der Waals surface area contributed by atoms with Crippen LogP contribution in [0.25, 0.3) is 121 Å². The molecule has 12 rings (SSSR count). The predicted octanol–water partition coefficient (Wildman–Crippen LogP) is 15.1. The molecule has 12 aromatic rings. The van der Waals surface area contributed by atoms with Gasteiger partial charge in [0.25, 0.3) is 0 Å². The SMILES string of the molecule is [C-]#[N+]c1ccc2c(c1)c1cc(C#N)ccc1n2-c1ccc(-c2nc(-c3ccccc3)nc(-c3ccccc3)n2)cc1-c1ccc(-n2c3ccc(C#N)cc3c3cc(C#N)ccc32)c(-c2ccccc2[N+]#[C-])c1. The van der Waals surface area contributed by atoms with Crippen LogP contribution in [0.2, 0.25) is 0 Å². The molecule has 72 heavy (non-hydrogen) atoms. The summed E-state index contributed by atoms with van der Waals surface area (Å²) < 4.78 is 4.31. The van der Waals surface area contributed by atoms with Crippen molar-refractivity contribution >= 4 is 55.0 Å². The Morgan fingerprint density at radius 1 is 0.361 bits per heavy atom. The van der Waals surface area contributed by atoms with Crippen LogP contribution in [-0.2, 0) is 0 Å². The molecular weight excluding hydrogens is 885 g/mol. The van der Waals surface area contributed by atoms with E-state index in [-0.39, 0.29) is 0 Å². The third-order valence-corrected chi connectivity index (χ3v) is 13.1. The topological polar surface area (TPSA) is 129 Å².